The second-order valence-electron chi connectivity index (χ2n) is 11.5. The van der Waals surface area contributed by atoms with Crippen molar-refractivity contribution >= 4 is 23.6 Å². The number of benzene rings is 2. The van der Waals surface area contributed by atoms with Gasteiger partial charge in [0.05, 0.1) is 34.9 Å². The number of halogens is 3. The van der Waals surface area contributed by atoms with E-state index in [1.54, 1.807) is 4.90 Å². The molecule has 1 fully saturated rings. The molecular formula is C34H30F3N5O4. The molecule has 3 aromatic rings. The molecule has 2 aromatic carbocycles. The molecule has 2 atom stereocenters. The van der Waals surface area contributed by atoms with Crippen LogP contribution in [0.3, 0.4) is 0 Å². The van der Waals surface area contributed by atoms with Crippen molar-refractivity contribution in [2.24, 2.45) is 9.98 Å². The van der Waals surface area contributed by atoms with E-state index in [0.29, 0.717) is 31.6 Å². The van der Waals surface area contributed by atoms with Gasteiger partial charge in [-0.15, -0.1) is 0 Å². The molecule has 9 nitrogen and oxygen atoms in total. The number of alkyl halides is 3. The SMILES string of the molecule is CCC(O)N1CCN(c2ccc(-n3c4c(c(=O)oc3=O)C=NC3C=CC(=C5C=c6ccccc6=NC5)C=C43)cc2C(F)(F)F)CC1. The molecule has 7 rings (SSSR count). The van der Waals surface area contributed by atoms with Crippen LogP contribution < -0.4 is 26.9 Å². The Labute approximate surface area is 260 Å². The summed E-state index contributed by atoms with van der Waals surface area (Å²) in [6.07, 6.45) is 4.00. The number of anilines is 1. The average Bonchev–Trinajstić information content (AvgIpc) is 3.07. The molecule has 0 amide bonds. The molecule has 0 bridgehead atoms. The summed E-state index contributed by atoms with van der Waals surface area (Å²) in [5.41, 5.74) is 0.353. The lowest BCUT2D eigenvalue weighted by Gasteiger charge is -2.39. The quantitative estimate of drug-likeness (QED) is 0.477. The van der Waals surface area contributed by atoms with Gasteiger partial charge in [0, 0.05) is 48.9 Å². The Bertz CT molecular complexity index is 2100. The number of hydrogen-bond acceptors (Lipinski definition) is 8. The van der Waals surface area contributed by atoms with Crippen LogP contribution in [-0.2, 0) is 6.18 Å². The van der Waals surface area contributed by atoms with Gasteiger partial charge in [-0.1, -0.05) is 37.3 Å². The molecule has 12 heteroatoms. The van der Waals surface area contributed by atoms with Gasteiger partial charge in [-0.3, -0.25) is 14.9 Å². The van der Waals surface area contributed by atoms with E-state index in [9.17, 15) is 27.9 Å². The number of nitrogens with zero attached hydrogens (tertiary/aromatic N) is 5. The van der Waals surface area contributed by atoms with Gasteiger partial charge in [-0.2, -0.15) is 13.2 Å². The maximum Gasteiger partial charge on any atom is 0.426 e. The molecule has 0 radical (unpaired) electrons. The summed E-state index contributed by atoms with van der Waals surface area (Å²) in [5.74, 6) is -1.10. The number of para-hydroxylation sites is 1. The fourth-order valence-electron chi connectivity index (χ4n) is 6.43. The molecule has 3 aliphatic heterocycles. The third kappa shape index (κ3) is 5.27. The molecule has 4 aliphatic rings. The zero-order valence-corrected chi connectivity index (χ0v) is 24.9. The first-order valence-electron chi connectivity index (χ1n) is 15.1. The summed E-state index contributed by atoms with van der Waals surface area (Å²) in [6, 6.07) is 10.9. The standard InChI is InChI=1S/C34H30F3N5O4/c1-2-30(43)41-13-11-40(12-14-41)29-10-8-23(17-26(29)34(35,36)37)42-31-24-16-20(22-15-21-5-3-4-6-27(21)38-18-22)7-9-28(24)39-19-25(31)32(44)46-33(42)45/h3-10,15-17,19,28,30,43H,2,11-14,18H2,1H3. The van der Waals surface area contributed by atoms with Gasteiger partial charge < -0.3 is 14.4 Å². The number of aliphatic hydroxyl groups is 1. The topological polar surface area (TPSA) is 104 Å². The Hall–Kier alpha value is -4.81. The van der Waals surface area contributed by atoms with Crippen molar-refractivity contribution in [2.75, 3.05) is 37.6 Å². The van der Waals surface area contributed by atoms with Crippen LogP contribution in [0.5, 0.6) is 0 Å². The molecule has 0 spiro atoms. The number of aromatic nitrogens is 1. The average molecular weight is 630 g/mol. The van der Waals surface area contributed by atoms with Crippen molar-refractivity contribution in [1.82, 2.24) is 9.47 Å². The minimum absolute atomic E-state index is 0.0207. The zero-order valence-electron chi connectivity index (χ0n) is 24.9. The largest absolute Gasteiger partial charge is 0.426 e. The highest BCUT2D eigenvalue weighted by molar-refractivity contribution is 5.94. The van der Waals surface area contributed by atoms with Crippen molar-refractivity contribution in [3.05, 3.63) is 120 Å². The molecule has 1 aliphatic carbocycles. The second kappa shape index (κ2) is 11.5. The first-order chi connectivity index (χ1) is 22.1. The van der Waals surface area contributed by atoms with E-state index < -0.39 is 35.4 Å². The van der Waals surface area contributed by atoms with Gasteiger partial charge in [-0.05, 0) is 54.0 Å². The van der Waals surface area contributed by atoms with Crippen LogP contribution >= 0.6 is 0 Å². The van der Waals surface area contributed by atoms with Crippen molar-refractivity contribution in [1.29, 1.82) is 0 Å². The number of piperazine rings is 1. The summed E-state index contributed by atoms with van der Waals surface area (Å²) in [7, 11) is 0. The smallest absolute Gasteiger partial charge is 0.378 e. The molecule has 46 heavy (non-hydrogen) atoms. The normalized spacial score (nSPS) is 21.5. The van der Waals surface area contributed by atoms with E-state index in [4.69, 9.17) is 4.42 Å². The highest BCUT2D eigenvalue weighted by Crippen LogP contribution is 2.40. The Morgan fingerprint density at radius 2 is 1.85 bits per heavy atom. The molecule has 0 saturated carbocycles. The first-order valence-corrected chi connectivity index (χ1v) is 15.1. The van der Waals surface area contributed by atoms with Gasteiger partial charge >= 0.3 is 17.6 Å². The molecule has 4 heterocycles. The minimum Gasteiger partial charge on any atom is -0.378 e. The summed E-state index contributed by atoms with van der Waals surface area (Å²) in [6.45, 7) is 3.64. The predicted molar refractivity (Wildman–Crippen MR) is 168 cm³/mol. The highest BCUT2D eigenvalue weighted by atomic mass is 19.4. The highest BCUT2D eigenvalue weighted by Gasteiger charge is 2.37. The first kappa shape index (κ1) is 29.9. The lowest BCUT2D eigenvalue weighted by atomic mass is 9.88. The lowest BCUT2D eigenvalue weighted by Crippen LogP contribution is -2.50. The Morgan fingerprint density at radius 3 is 2.61 bits per heavy atom. The van der Waals surface area contributed by atoms with Crippen LogP contribution in [0.1, 0.15) is 30.2 Å². The lowest BCUT2D eigenvalue weighted by molar-refractivity contribution is -0.137. The van der Waals surface area contributed by atoms with Crippen LogP contribution in [0.15, 0.2) is 95.8 Å². The van der Waals surface area contributed by atoms with Gasteiger partial charge in [0.15, 0.2) is 0 Å². The summed E-state index contributed by atoms with van der Waals surface area (Å²) in [4.78, 5) is 38.8. The van der Waals surface area contributed by atoms with E-state index in [1.165, 1.54) is 18.3 Å². The van der Waals surface area contributed by atoms with Crippen LogP contribution in [0, 0.1) is 0 Å². The van der Waals surface area contributed by atoms with Crippen LogP contribution in [0.25, 0.3) is 17.3 Å². The van der Waals surface area contributed by atoms with Crippen molar-refractivity contribution < 1.29 is 22.7 Å². The third-order valence-electron chi connectivity index (χ3n) is 8.83. The molecule has 2 unspecified atom stereocenters. The van der Waals surface area contributed by atoms with Crippen LogP contribution in [0.4, 0.5) is 18.9 Å². The van der Waals surface area contributed by atoms with E-state index in [1.807, 2.05) is 60.4 Å². The number of aliphatic imine (C=N–C) groups is 1. The van der Waals surface area contributed by atoms with Gasteiger partial charge in [0.25, 0.3) is 0 Å². The van der Waals surface area contributed by atoms with Crippen molar-refractivity contribution in [3.63, 3.8) is 0 Å². The second-order valence-corrected chi connectivity index (χ2v) is 11.5. The molecule has 1 saturated heterocycles. The van der Waals surface area contributed by atoms with Crippen molar-refractivity contribution in [3.8, 4) is 5.69 Å². The van der Waals surface area contributed by atoms with Gasteiger partial charge in [0.2, 0.25) is 0 Å². The van der Waals surface area contributed by atoms with E-state index in [-0.39, 0.29) is 35.7 Å². The third-order valence-corrected chi connectivity index (χ3v) is 8.83. The number of hydrogen-bond donors (Lipinski definition) is 1. The van der Waals surface area contributed by atoms with Gasteiger partial charge in [0.1, 0.15) is 11.8 Å². The van der Waals surface area contributed by atoms with Crippen molar-refractivity contribution in [2.45, 2.75) is 31.8 Å². The summed E-state index contributed by atoms with van der Waals surface area (Å²) >= 11 is 0. The maximum atomic E-state index is 14.6. The molecule has 1 N–H and O–H groups in total. The van der Waals surface area contributed by atoms with Crippen LogP contribution in [0.2, 0.25) is 0 Å². The van der Waals surface area contributed by atoms with Crippen LogP contribution in [-0.4, -0.2) is 65.8 Å². The van der Waals surface area contributed by atoms with E-state index >= 15 is 0 Å². The van der Waals surface area contributed by atoms with E-state index in [0.717, 1.165) is 32.4 Å². The minimum atomic E-state index is -4.74. The Morgan fingerprint density at radius 1 is 1.07 bits per heavy atom. The maximum absolute atomic E-state index is 14.6. The predicted octanol–water partition coefficient (Wildman–Crippen LogP) is 2.82. The zero-order chi connectivity index (χ0) is 32.2. The fourth-order valence-corrected chi connectivity index (χ4v) is 6.43. The Kier molecular flexibility index (Phi) is 7.48. The fraction of sp³-hybridized carbons (Fsp3) is 0.294. The number of fused-ring (bicyclic) bond motifs is 4. The Balaban J connectivity index is 1.35. The number of allylic oxidation sites excluding steroid dienone is 3. The molecular weight excluding hydrogens is 599 g/mol. The van der Waals surface area contributed by atoms with E-state index in [2.05, 4.69) is 9.98 Å². The molecule has 236 valence electrons. The summed E-state index contributed by atoms with van der Waals surface area (Å²) in [5, 5.41) is 12.0. The molecule has 1 aromatic heterocycles. The number of rotatable bonds is 4. The number of aliphatic hydroxyl groups excluding tert-OH is 1. The van der Waals surface area contributed by atoms with Gasteiger partial charge in [-0.25, -0.2) is 14.2 Å². The summed E-state index contributed by atoms with van der Waals surface area (Å²) < 4.78 is 49.8. The monoisotopic (exact) mass is 629 g/mol.